The van der Waals surface area contributed by atoms with Crippen molar-refractivity contribution in [3.8, 4) is 0 Å². The summed E-state index contributed by atoms with van der Waals surface area (Å²) in [6.45, 7) is 3.46. The number of nitrogens with zero attached hydrogens (tertiary/aromatic N) is 1. The van der Waals surface area contributed by atoms with E-state index < -0.39 is 12.6 Å². The van der Waals surface area contributed by atoms with Gasteiger partial charge in [-0.15, -0.1) is 0 Å². The van der Waals surface area contributed by atoms with Crippen LogP contribution in [0, 0.1) is 0 Å². The largest absolute Gasteiger partial charge is 0.464 e. The molecule has 1 aliphatic rings. The Kier molecular flexibility index (Phi) is 5.75. The maximum atomic E-state index is 12.9. The molecule has 3 aromatic rings. The Balaban J connectivity index is 1.44. The SMILES string of the molecule is CCc1ccc2c(CC(=O)OCC(=O)N3c4ccccc4NC(=O)C[C@@H]3C)coc2c1. The van der Waals surface area contributed by atoms with Crippen molar-refractivity contribution >= 4 is 40.1 Å². The van der Waals surface area contributed by atoms with Gasteiger partial charge in [0.1, 0.15) is 5.58 Å². The van der Waals surface area contributed by atoms with Crippen molar-refractivity contribution in [2.24, 2.45) is 0 Å². The van der Waals surface area contributed by atoms with Gasteiger partial charge < -0.3 is 19.4 Å². The highest BCUT2D eigenvalue weighted by Gasteiger charge is 2.30. The second kappa shape index (κ2) is 8.63. The molecule has 1 aliphatic heterocycles. The summed E-state index contributed by atoms with van der Waals surface area (Å²) in [5.74, 6) is -1.06. The van der Waals surface area contributed by atoms with E-state index in [0.717, 1.165) is 28.5 Å². The maximum Gasteiger partial charge on any atom is 0.310 e. The first-order chi connectivity index (χ1) is 15.0. The Hall–Kier alpha value is -3.61. The fraction of sp³-hybridized carbons (Fsp3) is 0.292. The lowest BCUT2D eigenvalue weighted by Crippen LogP contribution is -2.41. The minimum atomic E-state index is -0.513. The molecule has 4 rings (SSSR count). The molecule has 2 amide bonds. The number of hydrogen-bond acceptors (Lipinski definition) is 5. The first kappa shape index (κ1) is 20.7. The summed E-state index contributed by atoms with van der Waals surface area (Å²) in [6, 6.07) is 12.6. The van der Waals surface area contributed by atoms with Crippen LogP contribution in [0.2, 0.25) is 0 Å². The molecule has 0 bridgehead atoms. The number of anilines is 2. The summed E-state index contributed by atoms with van der Waals surface area (Å²) in [5.41, 5.74) is 3.76. The summed E-state index contributed by atoms with van der Waals surface area (Å²) in [6.07, 6.45) is 2.62. The van der Waals surface area contributed by atoms with Gasteiger partial charge in [0.15, 0.2) is 6.61 Å². The molecule has 0 saturated heterocycles. The number of carbonyl (C=O) groups excluding carboxylic acids is 3. The van der Waals surface area contributed by atoms with Crippen LogP contribution >= 0.6 is 0 Å². The summed E-state index contributed by atoms with van der Waals surface area (Å²) in [7, 11) is 0. The number of amides is 2. The number of ether oxygens (including phenoxy) is 1. The molecule has 0 unspecified atom stereocenters. The van der Waals surface area contributed by atoms with Crippen molar-refractivity contribution in [1.82, 2.24) is 0 Å². The van der Waals surface area contributed by atoms with Crippen LogP contribution < -0.4 is 10.2 Å². The highest BCUT2D eigenvalue weighted by atomic mass is 16.5. The van der Waals surface area contributed by atoms with Crippen LogP contribution in [0.15, 0.2) is 53.1 Å². The summed E-state index contributed by atoms with van der Waals surface area (Å²) in [4.78, 5) is 38.9. The molecule has 160 valence electrons. The topological polar surface area (TPSA) is 88.9 Å². The fourth-order valence-corrected chi connectivity index (χ4v) is 3.87. The second-order valence-corrected chi connectivity index (χ2v) is 7.66. The lowest BCUT2D eigenvalue weighted by molar-refractivity contribution is -0.147. The predicted octanol–water partition coefficient (Wildman–Crippen LogP) is 3.84. The Morgan fingerprint density at radius 2 is 2.03 bits per heavy atom. The molecule has 1 atom stereocenters. The van der Waals surface area contributed by atoms with Gasteiger partial charge in [0.25, 0.3) is 5.91 Å². The zero-order chi connectivity index (χ0) is 22.0. The Labute approximate surface area is 180 Å². The number of esters is 1. The standard InChI is InChI=1S/C24H24N2O5/c1-3-16-8-9-18-17(13-30-21(18)11-16)12-24(29)31-14-23(28)26-15(2)10-22(27)25-19-6-4-5-7-20(19)26/h4-9,11,13,15H,3,10,12,14H2,1-2H3,(H,25,27)/t15-/m0/s1. The third-order valence-electron chi connectivity index (χ3n) is 5.45. The van der Waals surface area contributed by atoms with Gasteiger partial charge >= 0.3 is 5.97 Å². The number of nitrogens with one attached hydrogen (secondary N) is 1. The molecule has 0 radical (unpaired) electrons. The smallest absolute Gasteiger partial charge is 0.310 e. The Morgan fingerprint density at radius 1 is 1.23 bits per heavy atom. The Morgan fingerprint density at radius 3 is 2.84 bits per heavy atom. The van der Waals surface area contributed by atoms with Gasteiger partial charge in [-0.05, 0) is 37.1 Å². The van der Waals surface area contributed by atoms with Crippen molar-refractivity contribution in [1.29, 1.82) is 0 Å². The first-order valence-corrected chi connectivity index (χ1v) is 10.3. The van der Waals surface area contributed by atoms with Crippen LogP contribution in [-0.2, 0) is 32.0 Å². The monoisotopic (exact) mass is 420 g/mol. The molecular weight excluding hydrogens is 396 g/mol. The molecule has 1 N–H and O–H groups in total. The number of rotatable bonds is 5. The van der Waals surface area contributed by atoms with Gasteiger partial charge in [0, 0.05) is 23.4 Å². The van der Waals surface area contributed by atoms with E-state index in [-0.39, 0.29) is 30.7 Å². The number of benzene rings is 2. The summed E-state index contributed by atoms with van der Waals surface area (Å²) >= 11 is 0. The van der Waals surface area contributed by atoms with Gasteiger partial charge in [0.2, 0.25) is 5.91 Å². The lowest BCUT2D eigenvalue weighted by Gasteiger charge is -2.27. The third-order valence-corrected chi connectivity index (χ3v) is 5.45. The molecule has 0 spiro atoms. The van der Waals surface area contributed by atoms with Crippen LogP contribution in [0.5, 0.6) is 0 Å². The van der Waals surface area contributed by atoms with E-state index >= 15 is 0 Å². The minimum Gasteiger partial charge on any atom is -0.464 e. The Bertz CT molecular complexity index is 1150. The minimum absolute atomic E-state index is 0.0118. The van der Waals surface area contributed by atoms with Crippen LogP contribution in [0.25, 0.3) is 11.0 Å². The predicted molar refractivity (Wildman–Crippen MR) is 117 cm³/mol. The van der Waals surface area contributed by atoms with E-state index in [0.29, 0.717) is 11.4 Å². The van der Waals surface area contributed by atoms with Crippen LogP contribution in [-0.4, -0.2) is 30.4 Å². The van der Waals surface area contributed by atoms with Crippen LogP contribution in [0.4, 0.5) is 11.4 Å². The number of fused-ring (bicyclic) bond motifs is 2. The molecular formula is C24H24N2O5. The average molecular weight is 420 g/mol. The first-order valence-electron chi connectivity index (χ1n) is 10.3. The van der Waals surface area contributed by atoms with Crippen molar-refractivity contribution in [3.05, 3.63) is 59.9 Å². The second-order valence-electron chi connectivity index (χ2n) is 7.66. The normalized spacial score (nSPS) is 15.9. The lowest BCUT2D eigenvalue weighted by atomic mass is 10.1. The molecule has 7 nitrogen and oxygen atoms in total. The fourth-order valence-electron chi connectivity index (χ4n) is 3.87. The zero-order valence-electron chi connectivity index (χ0n) is 17.5. The number of furan rings is 1. The number of hydrogen-bond donors (Lipinski definition) is 1. The van der Waals surface area contributed by atoms with Crippen molar-refractivity contribution in [3.63, 3.8) is 0 Å². The molecule has 2 aromatic carbocycles. The molecule has 2 heterocycles. The van der Waals surface area contributed by atoms with Gasteiger partial charge in [0.05, 0.1) is 24.1 Å². The number of para-hydroxylation sites is 2. The average Bonchev–Trinajstić information content (AvgIpc) is 3.09. The van der Waals surface area contributed by atoms with Gasteiger partial charge in [-0.2, -0.15) is 0 Å². The quantitative estimate of drug-likeness (QED) is 0.634. The van der Waals surface area contributed by atoms with Gasteiger partial charge in [-0.25, -0.2) is 0 Å². The van der Waals surface area contributed by atoms with Gasteiger partial charge in [-0.1, -0.05) is 31.2 Å². The van der Waals surface area contributed by atoms with Crippen LogP contribution in [0.1, 0.15) is 31.4 Å². The van der Waals surface area contributed by atoms with Gasteiger partial charge in [-0.3, -0.25) is 14.4 Å². The zero-order valence-corrected chi connectivity index (χ0v) is 17.5. The number of aryl methyl sites for hydroxylation is 1. The van der Waals surface area contributed by atoms with E-state index in [1.165, 1.54) is 4.90 Å². The summed E-state index contributed by atoms with van der Waals surface area (Å²) in [5, 5.41) is 3.67. The van der Waals surface area contributed by atoms with Crippen LogP contribution in [0.3, 0.4) is 0 Å². The summed E-state index contributed by atoms with van der Waals surface area (Å²) < 4.78 is 10.8. The number of carbonyl (C=O) groups is 3. The highest BCUT2D eigenvalue weighted by Crippen LogP contribution is 2.31. The molecule has 7 heteroatoms. The molecule has 1 aromatic heterocycles. The third kappa shape index (κ3) is 4.30. The van der Waals surface area contributed by atoms with E-state index in [9.17, 15) is 14.4 Å². The molecule has 0 saturated carbocycles. The van der Waals surface area contributed by atoms with E-state index in [4.69, 9.17) is 9.15 Å². The van der Waals surface area contributed by atoms with E-state index in [2.05, 4.69) is 12.2 Å². The van der Waals surface area contributed by atoms with Crippen molar-refractivity contribution in [2.45, 2.75) is 39.2 Å². The molecule has 0 aliphatic carbocycles. The van der Waals surface area contributed by atoms with Crippen molar-refractivity contribution in [2.75, 3.05) is 16.8 Å². The molecule has 31 heavy (non-hydrogen) atoms. The molecule has 0 fully saturated rings. The van der Waals surface area contributed by atoms with Crippen molar-refractivity contribution < 1.29 is 23.5 Å². The van der Waals surface area contributed by atoms with E-state index in [1.54, 1.807) is 37.5 Å². The highest BCUT2D eigenvalue weighted by molar-refractivity contribution is 6.05. The maximum absolute atomic E-state index is 12.9. The van der Waals surface area contributed by atoms with E-state index in [1.807, 2.05) is 18.2 Å².